The van der Waals surface area contributed by atoms with Gasteiger partial charge in [0.05, 0.1) is 11.0 Å². The molecule has 0 aliphatic heterocycles. The van der Waals surface area contributed by atoms with Crippen molar-refractivity contribution in [2.75, 3.05) is 12.8 Å². The zero-order valence-corrected chi connectivity index (χ0v) is 12.2. The molecule has 1 atom stereocenters. The highest BCUT2D eigenvalue weighted by atomic mass is 32.2. The molecule has 3 rings (SSSR count). The Morgan fingerprint density at radius 2 is 1.85 bits per heavy atom. The fraction of sp³-hybridized carbons (Fsp3) is 0.188. The van der Waals surface area contributed by atoms with Crippen molar-refractivity contribution in [3.63, 3.8) is 0 Å². The maximum absolute atomic E-state index is 4.59. The highest BCUT2D eigenvalue weighted by Crippen LogP contribution is 2.24. The first-order chi connectivity index (χ1) is 9.86. The van der Waals surface area contributed by atoms with E-state index in [2.05, 4.69) is 45.6 Å². The van der Waals surface area contributed by atoms with Gasteiger partial charge in [0.1, 0.15) is 0 Å². The number of para-hydroxylation sites is 2. The lowest BCUT2D eigenvalue weighted by atomic mass is 10.1. The summed E-state index contributed by atoms with van der Waals surface area (Å²) in [5.74, 6) is 0.945. The number of nitrogens with zero attached hydrogens (tertiary/aromatic N) is 1. The lowest BCUT2D eigenvalue weighted by Gasteiger charge is -2.15. The normalized spacial score (nSPS) is 12.7. The second kappa shape index (κ2) is 6.11. The van der Waals surface area contributed by atoms with Gasteiger partial charge < -0.3 is 10.3 Å². The monoisotopic (exact) mass is 283 g/mol. The number of hydrogen-bond donors (Lipinski definition) is 2. The van der Waals surface area contributed by atoms with E-state index in [9.17, 15) is 0 Å². The van der Waals surface area contributed by atoms with Crippen LogP contribution in [0, 0.1) is 0 Å². The summed E-state index contributed by atoms with van der Waals surface area (Å²) in [6.07, 6.45) is 0. The largest absolute Gasteiger partial charge is 0.333 e. The first kappa shape index (κ1) is 13.2. The van der Waals surface area contributed by atoms with Gasteiger partial charge in [-0.3, -0.25) is 0 Å². The summed E-state index contributed by atoms with van der Waals surface area (Å²) in [4.78, 5) is 7.94. The molecule has 0 amide bonds. The van der Waals surface area contributed by atoms with Gasteiger partial charge in [0, 0.05) is 11.8 Å². The Balaban J connectivity index is 1.71. The van der Waals surface area contributed by atoms with E-state index in [0.29, 0.717) is 6.04 Å². The molecule has 2 aromatic carbocycles. The van der Waals surface area contributed by atoms with Crippen LogP contribution in [-0.2, 0) is 0 Å². The first-order valence-corrected chi connectivity index (χ1v) is 7.65. The zero-order chi connectivity index (χ0) is 13.8. The van der Waals surface area contributed by atoms with E-state index in [1.165, 1.54) is 5.56 Å². The molecule has 20 heavy (non-hydrogen) atoms. The Morgan fingerprint density at radius 1 is 1.10 bits per heavy atom. The average Bonchev–Trinajstić information content (AvgIpc) is 2.92. The third kappa shape index (κ3) is 2.86. The number of nitrogens with one attached hydrogen (secondary N) is 2. The molecule has 3 aromatic rings. The highest BCUT2D eigenvalue weighted by molar-refractivity contribution is 7.99. The molecule has 0 saturated carbocycles. The number of benzene rings is 2. The number of H-pyrrole nitrogens is 1. The van der Waals surface area contributed by atoms with E-state index in [0.717, 1.165) is 21.9 Å². The van der Waals surface area contributed by atoms with Crippen LogP contribution in [0.3, 0.4) is 0 Å². The maximum Gasteiger partial charge on any atom is 0.166 e. The van der Waals surface area contributed by atoms with Gasteiger partial charge in [0.15, 0.2) is 5.16 Å². The highest BCUT2D eigenvalue weighted by Gasteiger charge is 2.10. The Hall–Kier alpha value is -1.78. The number of imidazole rings is 1. The summed E-state index contributed by atoms with van der Waals surface area (Å²) in [5, 5.41) is 4.33. The first-order valence-electron chi connectivity index (χ1n) is 6.66. The molecule has 0 saturated heterocycles. The lowest BCUT2D eigenvalue weighted by molar-refractivity contribution is 0.661. The predicted molar refractivity (Wildman–Crippen MR) is 85.1 cm³/mol. The second-order valence-electron chi connectivity index (χ2n) is 4.62. The SMILES string of the molecule is CNC(CSc1nc2ccccc2[nH]1)c1ccccc1. The minimum atomic E-state index is 0.328. The number of rotatable bonds is 5. The molecule has 0 aliphatic carbocycles. The molecule has 1 heterocycles. The van der Waals surface area contributed by atoms with Gasteiger partial charge >= 0.3 is 0 Å². The van der Waals surface area contributed by atoms with Gasteiger partial charge in [-0.25, -0.2) is 4.98 Å². The van der Waals surface area contributed by atoms with Crippen molar-refractivity contribution >= 4 is 22.8 Å². The minimum absolute atomic E-state index is 0.328. The standard InChI is InChI=1S/C16H17N3S/c1-17-15(12-7-3-2-4-8-12)11-20-16-18-13-9-5-6-10-14(13)19-16/h2-10,15,17H,11H2,1H3,(H,18,19). The molecule has 3 nitrogen and oxygen atoms in total. The molecule has 0 radical (unpaired) electrons. The fourth-order valence-corrected chi connectivity index (χ4v) is 3.22. The van der Waals surface area contributed by atoms with Crippen LogP contribution in [0.5, 0.6) is 0 Å². The van der Waals surface area contributed by atoms with Crippen LogP contribution < -0.4 is 5.32 Å². The van der Waals surface area contributed by atoms with Crippen LogP contribution >= 0.6 is 11.8 Å². The molecule has 102 valence electrons. The van der Waals surface area contributed by atoms with Crippen molar-refractivity contribution in [1.29, 1.82) is 0 Å². The van der Waals surface area contributed by atoms with Gasteiger partial charge in [0.25, 0.3) is 0 Å². The number of thioether (sulfide) groups is 1. The molecule has 1 aromatic heterocycles. The molecule has 0 spiro atoms. The third-order valence-corrected chi connectivity index (χ3v) is 4.27. The predicted octanol–water partition coefficient (Wildman–Crippen LogP) is 3.62. The zero-order valence-electron chi connectivity index (χ0n) is 11.3. The number of aromatic nitrogens is 2. The lowest BCUT2D eigenvalue weighted by Crippen LogP contribution is -2.18. The van der Waals surface area contributed by atoms with Crippen LogP contribution in [0.15, 0.2) is 59.8 Å². The summed E-state index contributed by atoms with van der Waals surface area (Å²) < 4.78 is 0. The van der Waals surface area contributed by atoms with Crippen LogP contribution in [0.1, 0.15) is 11.6 Å². The molecule has 2 N–H and O–H groups in total. The van der Waals surface area contributed by atoms with E-state index in [-0.39, 0.29) is 0 Å². The van der Waals surface area contributed by atoms with Gasteiger partial charge in [-0.05, 0) is 24.7 Å². The Morgan fingerprint density at radius 3 is 2.60 bits per heavy atom. The summed E-state index contributed by atoms with van der Waals surface area (Å²) in [6, 6.07) is 18.9. The number of fused-ring (bicyclic) bond motifs is 1. The average molecular weight is 283 g/mol. The summed E-state index contributed by atoms with van der Waals surface area (Å²) in [6.45, 7) is 0. The van der Waals surface area contributed by atoms with Crippen LogP contribution in [0.4, 0.5) is 0 Å². The van der Waals surface area contributed by atoms with Crippen molar-refractivity contribution in [3.05, 3.63) is 60.2 Å². The minimum Gasteiger partial charge on any atom is -0.333 e. The fourth-order valence-electron chi connectivity index (χ4n) is 2.19. The quantitative estimate of drug-likeness (QED) is 0.703. The van der Waals surface area contributed by atoms with Gasteiger partial charge in [-0.1, -0.05) is 54.2 Å². The molecule has 4 heteroatoms. The molecule has 0 aliphatic rings. The van der Waals surface area contributed by atoms with Gasteiger partial charge in [-0.2, -0.15) is 0 Å². The van der Waals surface area contributed by atoms with E-state index in [1.807, 2.05) is 31.3 Å². The van der Waals surface area contributed by atoms with E-state index < -0.39 is 0 Å². The number of aromatic amines is 1. The molecular weight excluding hydrogens is 266 g/mol. The van der Waals surface area contributed by atoms with E-state index in [1.54, 1.807) is 11.8 Å². The van der Waals surface area contributed by atoms with Crippen molar-refractivity contribution in [2.24, 2.45) is 0 Å². The topological polar surface area (TPSA) is 40.7 Å². The third-order valence-electron chi connectivity index (χ3n) is 3.30. The van der Waals surface area contributed by atoms with Gasteiger partial charge in [0.2, 0.25) is 0 Å². The second-order valence-corrected chi connectivity index (χ2v) is 5.63. The molecule has 0 fully saturated rings. The van der Waals surface area contributed by atoms with Crippen LogP contribution in [-0.4, -0.2) is 22.8 Å². The Kier molecular flexibility index (Phi) is 4.04. The maximum atomic E-state index is 4.59. The van der Waals surface area contributed by atoms with Crippen LogP contribution in [0.25, 0.3) is 11.0 Å². The van der Waals surface area contributed by atoms with E-state index in [4.69, 9.17) is 0 Å². The summed E-state index contributed by atoms with van der Waals surface area (Å²) in [7, 11) is 2.00. The molecular formula is C16H17N3S. The molecule has 0 bridgehead atoms. The molecule has 1 unspecified atom stereocenters. The van der Waals surface area contributed by atoms with E-state index >= 15 is 0 Å². The smallest absolute Gasteiger partial charge is 0.166 e. The van der Waals surface area contributed by atoms with Crippen molar-refractivity contribution in [1.82, 2.24) is 15.3 Å². The number of hydrogen-bond acceptors (Lipinski definition) is 3. The van der Waals surface area contributed by atoms with Crippen LogP contribution in [0.2, 0.25) is 0 Å². The van der Waals surface area contributed by atoms with Crippen molar-refractivity contribution in [3.8, 4) is 0 Å². The summed E-state index contributed by atoms with van der Waals surface area (Å²) in [5.41, 5.74) is 3.42. The Bertz CT molecular complexity index is 645. The summed E-state index contributed by atoms with van der Waals surface area (Å²) >= 11 is 1.74. The van der Waals surface area contributed by atoms with Gasteiger partial charge in [-0.15, -0.1) is 0 Å². The van der Waals surface area contributed by atoms with Crippen molar-refractivity contribution < 1.29 is 0 Å². The Labute approximate surface area is 122 Å². The van der Waals surface area contributed by atoms with Crippen molar-refractivity contribution in [2.45, 2.75) is 11.2 Å².